The van der Waals surface area contributed by atoms with Crippen molar-refractivity contribution in [1.29, 1.82) is 0 Å². The molecule has 0 unspecified atom stereocenters. The number of fused-ring (bicyclic) bond motifs is 1. The largest absolute Gasteiger partial charge is 0.459 e. The maximum atomic E-state index is 13.1. The van der Waals surface area contributed by atoms with Crippen LogP contribution in [0.1, 0.15) is 35.5 Å². The lowest BCUT2D eigenvalue weighted by Crippen LogP contribution is -2.48. The molecule has 2 amide bonds. The first-order valence-corrected chi connectivity index (χ1v) is 10.0. The SMILES string of the molecule is C[C@@H]1C[C@@H](N(C(=O)CCl)c2ccccc2)c2ccccc2N1C(=O)c1ccco1. The van der Waals surface area contributed by atoms with Gasteiger partial charge in [0.1, 0.15) is 5.88 Å². The summed E-state index contributed by atoms with van der Waals surface area (Å²) in [7, 11) is 0. The van der Waals surface area contributed by atoms with Gasteiger partial charge in [-0.05, 0) is 49.2 Å². The van der Waals surface area contributed by atoms with E-state index < -0.39 is 0 Å². The van der Waals surface area contributed by atoms with Gasteiger partial charge in [-0.25, -0.2) is 0 Å². The molecule has 1 aliphatic rings. The van der Waals surface area contributed by atoms with Crippen LogP contribution in [-0.2, 0) is 4.79 Å². The number of alkyl halides is 1. The topological polar surface area (TPSA) is 53.8 Å². The van der Waals surface area contributed by atoms with Crippen LogP contribution in [0.3, 0.4) is 0 Å². The van der Waals surface area contributed by atoms with Gasteiger partial charge in [0.15, 0.2) is 5.76 Å². The highest BCUT2D eigenvalue weighted by molar-refractivity contribution is 6.29. The molecule has 4 rings (SSSR count). The van der Waals surface area contributed by atoms with Gasteiger partial charge in [0.2, 0.25) is 5.91 Å². The lowest BCUT2D eigenvalue weighted by Gasteiger charge is -2.43. The highest BCUT2D eigenvalue weighted by Crippen LogP contribution is 2.42. The normalized spacial score (nSPS) is 18.2. The van der Waals surface area contributed by atoms with Crippen LogP contribution in [-0.4, -0.2) is 23.7 Å². The molecule has 1 aliphatic heterocycles. The highest BCUT2D eigenvalue weighted by atomic mass is 35.5. The number of benzene rings is 2. The Bertz CT molecular complexity index is 1000. The van der Waals surface area contributed by atoms with Crippen molar-refractivity contribution < 1.29 is 14.0 Å². The summed E-state index contributed by atoms with van der Waals surface area (Å²) < 4.78 is 5.34. The molecule has 1 aromatic heterocycles. The second-order valence-corrected chi connectivity index (χ2v) is 7.31. The fourth-order valence-corrected chi connectivity index (χ4v) is 4.13. The van der Waals surface area contributed by atoms with Gasteiger partial charge < -0.3 is 14.2 Å². The zero-order valence-electron chi connectivity index (χ0n) is 16.0. The molecule has 2 atom stereocenters. The molecule has 5 nitrogen and oxygen atoms in total. The number of anilines is 2. The van der Waals surface area contributed by atoms with E-state index in [-0.39, 0.29) is 29.8 Å². The third-order valence-electron chi connectivity index (χ3n) is 5.24. The minimum atomic E-state index is -0.226. The minimum Gasteiger partial charge on any atom is -0.459 e. The van der Waals surface area contributed by atoms with Crippen LogP contribution in [0.5, 0.6) is 0 Å². The molecule has 0 radical (unpaired) electrons. The van der Waals surface area contributed by atoms with E-state index in [1.165, 1.54) is 6.26 Å². The molecule has 3 aromatic rings. The van der Waals surface area contributed by atoms with Crippen molar-refractivity contribution in [3.05, 3.63) is 84.3 Å². The summed E-state index contributed by atoms with van der Waals surface area (Å²) in [5.74, 6) is -0.183. The third kappa shape index (κ3) is 3.54. The Morgan fingerprint density at radius 3 is 2.48 bits per heavy atom. The Labute approximate surface area is 174 Å². The van der Waals surface area contributed by atoms with Gasteiger partial charge in [0.05, 0.1) is 12.3 Å². The van der Waals surface area contributed by atoms with E-state index in [1.807, 2.05) is 61.5 Å². The van der Waals surface area contributed by atoms with Crippen LogP contribution >= 0.6 is 11.6 Å². The van der Waals surface area contributed by atoms with Crippen molar-refractivity contribution in [1.82, 2.24) is 0 Å². The predicted octanol–water partition coefficient (Wildman–Crippen LogP) is 5.03. The van der Waals surface area contributed by atoms with Crippen LogP contribution in [0.15, 0.2) is 77.4 Å². The van der Waals surface area contributed by atoms with Crippen molar-refractivity contribution in [2.75, 3.05) is 15.7 Å². The van der Waals surface area contributed by atoms with E-state index in [0.29, 0.717) is 12.2 Å². The standard InChI is InChI=1S/C23H21ClN2O3/c1-16-14-20(26(22(27)15-24)17-8-3-2-4-9-17)18-10-5-6-11-19(18)25(16)23(28)21-12-7-13-29-21/h2-13,16,20H,14-15H2,1H3/t16-,20-/m1/s1. The summed E-state index contributed by atoms with van der Waals surface area (Å²) in [5.41, 5.74) is 2.48. The number of furan rings is 1. The average molecular weight is 409 g/mol. The average Bonchev–Trinajstić information content (AvgIpc) is 3.29. The highest BCUT2D eigenvalue weighted by Gasteiger charge is 2.39. The lowest BCUT2D eigenvalue weighted by molar-refractivity contribution is -0.116. The van der Waals surface area contributed by atoms with Crippen molar-refractivity contribution in [2.45, 2.75) is 25.4 Å². The smallest absolute Gasteiger partial charge is 0.294 e. The van der Waals surface area contributed by atoms with Crippen molar-refractivity contribution in [2.24, 2.45) is 0 Å². The molecule has 0 bridgehead atoms. The lowest BCUT2D eigenvalue weighted by atomic mass is 9.89. The number of nitrogens with zero attached hydrogens (tertiary/aromatic N) is 2. The van der Waals surface area contributed by atoms with Gasteiger partial charge in [-0.1, -0.05) is 36.4 Å². The van der Waals surface area contributed by atoms with Crippen molar-refractivity contribution in [3.63, 3.8) is 0 Å². The molecule has 0 saturated heterocycles. The molecule has 2 aromatic carbocycles. The minimum absolute atomic E-state index is 0.114. The molecule has 6 heteroatoms. The number of halogens is 1. The van der Waals surface area contributed by atoms with E-state index >= 15 is 0 Å². The number of carbonyl (C=O) groups is 2. The summed E-state index contributed by atoms with van der Waals surface area (Å²) >= 11 is 5.96. The first kappa shape index (κ1) is 19.3. The molecular formula is C23H21ClN2O3. The van der Waals surface area contributed by atoms with Crippen molar-refractivity contribution >= 4 is 34.8 Å². The van der Waals surface area contributed by atoms with Gasteiger partial charge in [0, 0.05) is 17.4 Å². The number of amides is 2. The van der Waals surface area contributed by atoms with E-state index in [2.05, 4.69) is 0 Å². The van der Waals surface area contributed by atoms with Crippen LogP contribution in [0.2, 0.25) is 0 Å². The van der Waals surface area contributed by atoms with E-state index in [0.717, 1.165) is 16.9 Å². The summed E-state index contributed by atoms with van der Waals surface area (Å²) in [6.07, 6.45) is 2.08. The van der Waals surface area contributed by atoms with Gasteiger partial charge >= 0.3 is 0 Å². The van der Waals surface area contributed by atoms with Crippen molar-refractivity contribution in [3.8, 4) is 0 Å². The first-order chi connectivity index (χ1) is 14.1. The summed E-state index contributed by atoms with van der Waals surface area (Å²) in [6, 6.07) is 20.2. The van der Waals surface area contributed by atoms with E-state index in [9.17, 15) is 9.59 Å². The molecule has 0 spiro atoms. The van der Waals surface area contributed by atoms with Gasteiger partial charge in [-0.15, -0.1) is 11.6 Å². The monoisotopic (exact) mass is 408 g/mol. The number of hydrogen-bond donors (Lipinski definition) is 0. The molecular weight excluding hydrogens is 388 g/mol. The Hall–Kier alpha value is -3.05. The van der Waals surface area contributed by atoms with Gasteiger partial charge in [-0.2, -0.15) is 0 Å². The summed E-state index contributed by atoms with van der Waals surface area (Å²) in [5, 5.41) is 0. The Morgan fingerprint density at radius 1 is 1.07 bits per heavy atom. The van der Waals surface area contributed by atoms with Crippen LogP contribution in [0.25, 0.3) is 0 Å². The molecule has 29 heavy (non-hydrogen) atoms. The Kier molecular flexibility index (Phi) is 5.41. The fourth-order valence-electron chi connectivity index (χ4n) is 4.01. The van der Waals surface area contributed by atoms with Crippen LogP contribution in [0, 0.1) is 0 Å². The second-order valence-electron chi connectivity index (χ2n) is 7.04. The predicted molar refractivity (Wildman–Crippen MR) is 113 cm³/mol. The zero-order valence-corrected chi connectivity index (χ0v) is 16.8. The molecule has 0 fully saturated rings. The molecule has 0 saturated carbocycles. The third-order valence-corrected chi connectivity index (χ3v) is 5.47. The Morgan fingerprint density at radius 2 is 1.79 bits per heavy atom. The molecule has 0 N–H and O–H groups in total. The molecule has 0 aliphatic carbocycles. The summed E-state index contributed by atoms with van der Waals surface area (Å²) in [4.78, 5) is 29.4. The van der Waals surface area contributed by atoms with Gasteiger partial charge in [0.25, 0.3) is 5.91 Å². The number of rotatable bonds is 4. The second kappa shape index (κ2) is 8.13. The molecule has 2 heterocycles. The summed E-state index contributed by atoms with van der Waals surface area (Å²) in [6.45, 7) is 1.98. The zero-order chi connectivity index (χ0) is 20.4. The van der Waals surface area contributed by atoms with E-state index in [1.54, 1.807) is 21.9 Å². The maximum Gasteiger partial charge on any atom is 0.294 e. The number of para-hydroxylation sites is 2. The quantitative estimate of drug-likeness (QED) is 0.569. The van der Waals surface area contributed by atoms with E-state index in [4.69, 9.17) is 16.0 Å². The van der Waals surface area contributed by atoms with Crippen LogP contribution < -0.4 is 9.80 Å². The Balaban J connectivity index is 1.80. The fraction of sp³-hybridized carbons (Fsp3) is 0.217. The molecule has 148 valence electrons. The van der Waals surface area contributed by atoms with Gasteiger partial charge in [-0.3, -0.25) is 9.59 Å². The number of hydrogen-bond acceptors (Lipinski definition) is 3. The van der Waals surface area contributed by atoms with Crippen LogP contribution in [0.4, 0.5) is 11.4 Å². The maximum absolute atomic E-state index is 13.1. The first-order valence-electron chi connectivity index (χ1n) is 9.51. The number of carbonyl (C=O) groups excluding carboxylic acids is 2.